The van der Waals surface area contributed by atoms with Crippen LogP contribution in [-0.2, 0) is 12.8 Å². The minimum atomic E-state index is 0.206. The molecule has 1 atom stereocenters. The Kier molecular flexibility index (Phi) is 9.78. The lowest BCUT2D eigenvalue weighted by Crippen LogP contribution is -2.22. The molecule has 0 spiro atoms. The van der Waals surface area contributed by atoms with E-state index in [9.17, 15) is 0 Å². The molecule has 0 radical (unpaired) electrons. The van der Waals surface area contributed by atoms with Gasteiger partial charge in [0.15, 0.2) is 11.5 Å². The summed E-state index contributed by atoms with van der Waals surface area (Å²) in [4.78, 5) is 0. The number of benzene rings is 2. The maximum Gasteiger partial charge on any atom is 0.161 e. The Morgan fingerprint density at radius 1 is 0.889 bits per heavy atom. The molecule has 0 aliphatic heterocycles. The molecule has 3 nitrogen and oxygen atoms in total. The van der Waals surface area contributed by atoms with Crippen molar-refractivity contribution in [3.63, 3.8) is 0 Å². The highest BCUT2D eigenvalue weighted by Crippen LogP contribution is 2.29. The third kappa shape index (κ3) is 8.04. The largest absolute Gasteiger partial charge is 0.493 e. The van der Waals surface area contributed by atoms with Crippen LogP contribution in [0.2, 0.25) is 0 Å². The average Bonchev–Trinajstić information content (AvgIpc) is 2.69. The number of methoxy groups -OCH3 is 1. The molecule has 2 N–H and O–H groups in total. The summed E-state index contributed by atoms with van der Waals surface area (Å²) in [5.41, 5.74) is 8.84. The smallest absolute Gasteiger partial charge is 0.161 e. The molecule has 0 heterocycles. The Labute approximate surface area is 164 Å². The summed E-state index contributed by atoms with van der Waals surface area (Å²) in [5.74, 6) is 1.58. The third-order valence-corrected chi connectivity index (χ3v) is 4.90. The molecule has 2 rings (SSSR count). The lowest BCUT2D eigenvalue weighted by molar-refractivity contribution is 0.297. The van der Waals surface area contributed by atoms with Gasteiger partial charge in [-0.3, -0.25) is 0 Å². The monoisotopic (exact) mass is 369 g/mol. The molecule has 0 bridgehead atoms. The van der Waals surface area contributed by atoms with Gasteiger partial charge in [0.05, 0.1) is 13.7 Å². The van der Waals surface area contributed by atoms with E-state index in [1.807, 2.05) is 12.1 Å². The van der Waals surface area contributed by atoms with Gasteiger partial charge in [0.25, 0.3) is 0 Å². The summed E-state index contributed by atoms with van der Waals surface area (Å²) < 4.78 is 11.5. The number of unbranched alkanes of at least 4 members (excludes halogenated alkanes) is 4. The summed E-state index contributed by atoms with van der Waals surface area (Å²) in [6.45, 7) is 2.88. The van der Waals surface area contributed by atoms with Gasteiger partial charge in [-0.05, 0) is 36.1 Å². The van der Waals surface area contributed by atoms with Crippen LogP contribution in [0.25, 0.3) is 0 Å². The normalized spacial score (nSPS) is 12.0. The minimum Gasteiger partial charge on any atom is -0.493 e. The second-order valence-corrected chi connectivity index (χ2v) is 7.24. The van der Waals surface area contributed by atoms with Gasteiger partial charge < -0.3 is 15.2 Å². The van der Waals surface area contributed by atoms with Crippen LogP contribution in [0.5, 0.6) is 11.5 Å². The first-order valence-corrected chi connectivity index (χ1v) is 10.3. The number of hydrogen-bond acceptors (Lipinski definition) is 3. The van der Waals surface area contributed by atoms with E-state index < -0.39 is 0 Å². The van der Waals surface area contributed by atoms with Gasteiger partial charge in [-0.1, -0.05) is 75.4 Å². The van der Waals surface area contributed by atoms with Gasteiger partial charge in [0.1, 0.15) is 0 Å². The van der Waals surface area contributed by atoms with Crippen molar-refractivity contribution in [3.8, 4) is 11.5 Å². The van der Waals surface area contributed by atoms with Crippen molar-refractivity contribution >= 4 is 0 Å². The van der Waals surface area contributed by atoms with Gasteiger partial charge in [0, 0.05) is 12.5 Å². The Hall–Kier alpha value is -2.00. The van der Waals surface area contributed by atoms with Crippen molar-refractivity contribution in [1.29, 1.82) is 0 Å². The molecule has 2 aromatic carbocycles. The second-order valence-electron chi connectivity index (χ2n) is 7.24. The first-order chi connectivity index (χ1) is 13.2. The lowest BCUT2D eigenvalue weighted by Gasteiger charge is -2.15. The molecule has 0 saturated carbocycles. The average molecular weight is 370 g/mol. The van der Waals surface area contributed by atoms with Crippen LogP contribution >= 0.6 is 0 Å². The van der Waals surface area contributed by atoms with Crippen molar-refractivity contribution in [2.24, 2.45) is 5.73 Å². The fourth-order valence-electron chi connectivity index (χ4n) is 3.30. The van der Waals surface area contributed by atoms with Gasteiger partial charge in [-0.15, -0.1) is 0 Å². The van der Waals surface area contributed by atoms with E-state index >= 15 is 0 Å². The fourth-order valence-corrected chi connectivity index (χ4v) is 3.30. The van der Waals surface area contributed by atoms with Crippen LogP contribution in [0.3, 0.4) is 0 Å². The van der Waals surface area contributed by atoms with E-state index in [0.29, 0.717) is 6.61 Å². The summed E-state index contributed by atoms with van der Waals surface area (Å²) in [6.07, 6.45) is 9.29. The molecule has 148 valence electrons. The van der Waals surface area contributed by atoms with Crippen molar-refractivity contribution < 1.29 is 9.47 Å². The molecular formula is C24H35NO2. The highest BCUT2D eigenvalue weighted by Gasteiger charge is 2.09. The predicted molar refractivity (Wildman–Crippen MR) is 114 cm³/mol. The maximum absolute atomic E-state index is 6.35. The molecule has 0 aliphatic carbocycles. The molecular weight excluding hydrogens is 334 g/mol. The number of nitrogens with two attached hydrogens (primary N) is 1. The van der Waals surface area contributed by atoms with Crippen LogP contribution in [0.15, 0.2) is 48.5 Å². The lowest BCUT2D eigenvalue weighted by atomic mass is 10.00. The Balaban J connectivity index is 1.84. The zero-order chi connectivity index (χ0) is 19.3. The summed E-state index contributed by atoms with van der Waals surface area (Å²) in [5, 5.41) is 0. The molecule has 0 aliphatic rings. The van der Waals surface area contributed by atoms with Gasteiger partial charge in [0.2, 0.25) is 0 Å². The second kappa shape index (κ2) is 12.4. The van der Waals surface area contributed by atoms with Crippen LogP contribution in [0, 0.1) is 0 Å². The van der Waals surface area contributed by atoms with Crippen molar-refractivity contribution in [1.82, 2.24) is 0 Å². The van der Waals surface area contributed by atoms with Crippen LogP contribution in [0.1, 0.15) is 56.6 Å². The minimum absolute atomic E-state index is 0.206. The third-order valence-electron chi connectivity index (χ3n) is 4.90. The summed E-state index contributed by atoms with van der Waals surface area (Å²) >= 11 is 0. The molecule has 27 heavy (non-hydrogen) atoms. The van der Waals surface area contributed by atoms with Gasteiger partial charge in [-0.2, -0.15) is 0 Å². The van der Waals surface area contributed by atoms with Crippen molar-refractivity contribution in [2.75, 3.05) is 13.7 Å². The predicted octanol–water partition coefficient (Wildman–Crippen LogP) is 5.55. The fraction of sp³-hybridized carbons (Fsp3) is 0.500. The zero-order valence-corrected chi connectivity index (χ0v) is 17.0. The van der Waals surface area contributed by atoms with Gasteiger partial charge >= 0.3 is 0 Å². The van der Waals surface area contributed by atoms with Crippen LogP contribution in [-0.4, -0.2) is 19.8 Å². The van der Waals surface area contributed by atoms with E-state index in [1.165, 1.54) is 43.2 Å². The van der Waals surface area contributed by atoms with E-state index in [4.69, 9.17) is 15.2 Å². The maximum atomic E-state index is 6.35. The van der Waals surface area contributed by atoms with Gasteiger partial charge in [-0.25, -0.2) is 0 Å². The summed E-state index contributed by atoms with van der Waals surface area (Å²) in [6, 6.07) is 16.8. The standard InChI is InChI=1S/C24H35NO2/c1-3-4-5-6-10-13-22(25)18-21-14-15-23(26-2)24(19-21)27-17-16-20-11-8-7-9-12-20/h7-9,11-12,14-15,19,22H,3-6,10,13,16-18,25H2,1-2H3. The quantitative estimate of drug-likeness (QED) is 0.471. The Bertz CT molecular complexity index is 642. The first kappa shape index (κ1) is 21.3. The topological polar surface area (TPSA) is 44.5 Å². The van der Waals surface area contributed by atoms with Crippen LogP contribution < -0.4 is 15.2 Å². The zero-order valence-electron chi connectivity index (χ0n) is 17.0. The molecule has 0 amide bonds. The molecule has 0 aromatic heterocycles. The Morgan fingerprint density at radius 3 is 2.41 bits per heavy atom. The number of ether oxygens (including phenoxy) is 2. The first-order valence-electron chi connectivity index (χ1n) is 10.3. The Morgan fingerprint density at radius 2 is 1.67 bits per heavy atom. The highest BCUT2D eigenvalue weighted by atomic mass is 16.5. The molecule has 0 fully saturated rings. The molecule has 2 aromatic rings. The van der Waals surface area contributed by atoms with E-state index in [0.717, 1.165) is 30.8 Å². The van der Waals surface area contributed by atoms with E-state index in [-0.39, 0.29) is 6.04 Å². The SMILES string of the molecule is CCCCCCCC(N)Cc1ccc(OC)c(OCCc2ccccc2)c1. The molecule has 3 heteroatoms. The van der Waals surface area contributed by atoms with Crippen LogP contribution in [0.4, 0.5) is 0 Å². The number of rotatable bonds is 13. The van der Waals surface area contributed by atoms with Crippen molar-refractivity contribution in [2.45, 2.75) is 64.3 Å². The molecule has 0 saturated heterocycles. The van der Waals surface area contributed by atoms with Crippen molar-refractivity contribution in [3.05, 3.63) is 59.7 Å². The molecule has 1 unspecified atom stereocenters. The highest BCUT2D eigenvalue weighted by molar-refractivity contribution is 5.43. The van der Waals surface area contributed by atoms with E-state index in [1.54, 1.807) is 7.11 Å². The summed E-state index contributed by atoms with van der Waals surface area (Å²) in [7, 11) is 1.68. The van der Waals surface area contributed by atoms with E-state index in [2.05, 4.69) is 43.3 Å². The number of hydrogen-bond donors (Lipinski definition) is 1.